The smallest absolute Gasteiger partial charge is 0.306 e. The Morgan fingerprint density at radius 2 is 0.786 bits per heavy atom. The van der Waals surface area contributed by atoms with Crippen LogP contribution in [0.1, 0.15) is 188 Å². The Hall–Kier alpha value is -1.59. The van der Waals surface area contributed by atoms with Crippen LogP contribution < -0.4 is 0 Å². The molecule has 0 aromatic rings. The van der Waals surface area contributed by atoms with Crippen LogP contribution in [0.2, 0.25) is 0 Å². The van der Waals surface area contributed by atoms with E-state index in [1.807, 2.05) is 13.8 Å². The molecule has 1 atom stereocenters. The Kier molecular flexibility index (Phi) is 29.7. The largest absolute Gasteiger partial charge is 0.462 e. The van der Waals surface area contributed by atoms with Crippen LogP contribution in [0.15, 0.2) is 0 Å². The highest BCUT2D eigenvalue weighted by atomic mass is 16.6. The standard InChI is InChI=1S/C36H68O6/c1-5-7-9-11-13-15-17-19-21-23-25-27-34(37)40-30-33(31-41-36(39)29-32(3)4)42-35(38)28-26-24-22-20-18-16-14-12-10-8-6-2/h32-33H,5-31H2,1-4H3/t33-/m0/s1. The first-order valence-corrected chi connectivity index (χ1v) is 17.9. The predicted octanol–water partition coefficient (Wildman–Crippen LogP) is 10.4. The van der Waals surface area contributed by atoms with E-state index in [9.17, 15) is 14.4 Å². The molecule has 0 heterocycles. The van der Waals surface area contributed by atoms with Gasteiger partial charge < -0.3 is 14.2 Å². The number of carbonyl (C=O) groups excluding carboxylic acids is 3. The fraction of sp³-hybridized carbons (Fsp3) is 0.917. The SMILES string of the molecule is CCCCCCCCCCCCCC(=O)OC[C@@H](COC(=O)CC(C)C)OC(=O)CCCCCCCCCCCCC. The van der Waals surface area contributed by atoms with Gasteiger partial charge in [0.2, 0.25) is 0 Å². The molecule has 0 spiro atoms. The quantitative estimate of drug-likeness (QED) is 0.0450. The fourth-order valence-electron chi connectivity index (χ4n) is 5.06. The van der Waals surface area contributed by atoms with Crippen LogP contribution in [-0.4, -0.2) is 37.2 Å². The lowest BCUT2D eigenvalue weighted by molar-refractivity contribution is -0.167. The topological polar surface area (TPSA) is 78.9 Å². The van der Waals surface area contributed by atoms with Crippen LogP contribution in [0.3, 0.4) is 0 Å². The predicted molar refractivity (Wildman–Crippen MR) is 173 cm³/mol. The van der Waals surface area contributed by atoms with Crippen molar-refractivity contribution >= 4 is 17.9 Å². The van der Waals surface area contributed by atoms with E-state index in [0.717, 1.165) is 38.5 Å². The van der Waals surface area contributed by atoms with Gasteiger partial charge in [-0.3, -0.25) is 14.4 Å². The van der Waals surface area contributed by atoms with Gasteiger partial charge in [-0.2, -0.15) is 0 Å². The van der Waals surface area contributed by atoms with E-state index in [1.165, 1.54) is 103 Å². The Labute approximate surface area is 259 Å². The summed E-state index contributed by atoms with van der Waals surface area (Å²) in [7, 11) is 0. The number of rotatable bonds is 31. The molecule has 0 bridgehead atoms. The Balaban J connectivity index is 4.15. The summed E-state index contributed by atoms with van der Waals surface area (Å²) in [5.74, 6) is -0.755. The molecule has 0 amide bonds. The van der Waals surface area contributed by atoms with Crippen LogP contribution in [0.5, 0.6) is 0 Å². The van der Waals surface area contributed by atoms with Gasteiger partial charge in [-0.1, -0.05) is 156 Å². The zero-order valence-electron chi connectivity index (χ0n) is 28.2. The van der Waals surface area contributed by atoms with Crippen molar-refractivity contribution in [3.8, 4) is 0 Å². The fourth-order valence-corrected chi connectivity index (χ4v) is 5.06. The maximum Gasteiger partial charge on any atom is 0.306 e. The molecule has 0 saturated heterocycles. The normalized spacial score (nSPS) is 11.9. The highest BCUT2D eigenvalue weighted by Crippen LogP contribution is 2.14. The van der Waals surface area contributed by atoms with Gasteiger partial charge in [0.05, 0.1) is 0 Å². The van der Waals surface area contributed by atoms with E-state index in [1.54, 1.807) is 0 Å². The van der Waals surface area contributed by atoms with E-state index < -0.39 is 6.10 Å². The molecular weight excluding hydrogens is 528 g/mol. The van der Waals surface area contributed by atoms with Gasteiger partial charge in [0.15, 0.2) is 6.10 Å². The summed E-state index contributed by atoms with van der Waals surface area (Å²) in [6.07, 6.45) is 27.1. The van der Waals surface area contributed by atoms with Crippen molar-refractivity contribution in [2.24, 2.45) is 5.92 Å². The summed E-state index contributed by atoms with van der Waals surface area (Å²) in [6, 6.07) is 0. The summed E-state index contributed by atoms with van der Waals surface area (Å²) in [5.41, 5.74) is 0. The average Bonchev–Trinajstić information content (AvgIpc) is 2.95. The molecule has 0 unspecified atom stereocenters. The molecule has 0 N–H and O–H groups in total. The van der Waals surface area contributed by atoms with E-state index in [2.05, 4.69) is 13.8 Å². The lowest BCUT2D eigenvalue weighted by atomic mass is 10.1. The molecule has 0 aromatic heterocycles. The number of hydrogen-bond acceptors (Lipinski definition) is 6. The molecule has 0 saturated carbocycles. The van der Waals surface area contributed by atoms with Crippen molar-refractivity contribution in [1.82, 2.24) is 0 Å². The summed E-state index contributed by atoms with van der Waals surface area (Å²) >= 11 is 0. The molecule has 6 nitrogen and oxygen atoms in total. The highest BCUT2D eigenvalue weighted by Gasteiger charge is 2.19. The molecule has 0 rings (SSSR count). The summed E-state index contributed by atoms with van der Waals surface area (Å²) < 4.78 is 16.3. The molecule has 0 fully saturated rings. The number of ether oxygens (including phenoxy) is 3. The maximum atomic E-state index is 12.5. The van der Waals surface area contributed by atoms with Crippen LogP contribution in [-0.2, 0) is 28.6 Å². The van der Waals surface area contributed by atoms with Crippen molar-refractivity contribution in [2.75, 3.05) is 13.2 Å². The molecule has 0 radical (unpaired) electrons. The van der Waals surface area contributed by atoms with Gasteiger partial charge in [-0.15, -0.1) is 0 Å². The maximum absolute atomic E-state index is 12.5. The minimum absolute atomic E-state index is 0.0736. The lowest BCUT2D eigenvalue weighted by Crippen LogP contribution is -2.31. The van der Waals surface area contributed by atoms with Crippen molar-refractivity contribution < 1.29 is 28.6 Å². The van der Waals surface area contributed by atoms with Crippen molar-refractivity contribution in [2.45, 2.75) is 194 Å². The second-order valence-electron chi connectivity index (χ2n) is 12.6. The first kappa shape index (κ1) is 40.4. The van der Waals surface area contributed by atoms with E-state index in [0.29, 0.717) is 19.3 Å². The third-order valence-electron chi connectivity index (χ3n) is 7.70. The zero-order chi connectivity index (χ0) is 31.1. The number of hydrogen-bond donors (Lipinski definition) is 0. The molecule has 248 valence electrons. The second kappa shape index (κ2) is 30.9. The van der Waals surface area contributed by atoms with Gasteiger partial charge in [0, 0.05) is 19.3 Å². The van der Waals surface area contributed by atoms with Crippen molar-refractivity contribution in [1.29, 1.82) is 0 Å². The third-order valence-corrected chi connectivity index (χ3v) is 7.70. The van der Waals surface area contributed by atoms with Gasteiger partial charge >= 0.3 is 17.9 Å². The first-order chi connectivity index (χ1) is 20.4. The van der Waals surface area contributed by atoms with Gasteiger partial charge in [-0.05, 0) is 18.8 Å². The second-order valence-corrected chi connectivity index (χ2v) is 12.6. The van der Waals surface area contributed by atoms with Crippen LogP contribution in [0, 0.1) is 5.92 Å². The summed E-state index contributed by atoms with van der Waals surface area (Å²) in [5, 5.41) is 0. The molecule has 0 aromatic carbocycles. The summed E-state index contributed by atoms with van der Waals surface area (Å²) in [4.78, 5) is 36.8. The van der Waals surface area contributed by atoms with E-state index >= 15 is 0 Å². The monoisotopic (exact) mass is 597 g/mol. The zero-order valence-corrected chi connectivity index (χ0v) is 28.2. The molecule has 0 aliphatic heterocycles. The minimum Gasteiger partial charge on any atom is -0.462 e. The molecule has 0 aliphatic carbocycles. The van der Waals surface area contributed by atoms with Gasteiger partial charge in [-0.25, -0.2) is 0 Å². The van der Waals surface area contributed by atoms with Crippen LogP contribution >= 0.6 is 0 Å². The number of unbranched alkanes of at least 4 members (excludes halogenated alkanes) is 20. The van der Waals surface area contributed by atoms with Crippen molar-refractivity contribution in [3.63, 3.8) is 0 Å². The lowest BCUT2D eigenvalue weighted by Gasteiger charge is -2.18. The average molecular weight is 597 g/mol. The van der Waals surface area contributed by atoms with E-state index in [4.69, 9.17) is 14.2 Å². The molecule has 0 aliphatic rings. The highest BCUT2D eigenvalue weighted by molar-refractivity contribution is 5.71. The van der Waals surface area contributed by atoms with Gasteiger partial charge in [0.25, 0.3) is 0 Å². The Bertz CT molecular complexity index is 632. The van der Waals surface area contributed by atoms with Gasteiger partial charge in [0.1, 0.15) is 13.2 Å². The molecule has 6 heteroatoms. The molecular formula is C36H68O6. The van der Waals surface area contributed by atoms with Crippen molar-refractivity contribution in [3.05, 3.63) is 0 Å². The minimum atomic E-state index is -0.761. The number of carbonyl (C=O) groups is 3. The third kappa shape index (κ3) is 29.9. The first-order valence-electron chi connectivity index (χ1n) is 17.9. The Morgan fingerprint density at radius 1 is 0.452 bits per heavy atom. The Morgan fingerprint density at radius 3 is 1.17 bits per heavy atom. The summed E-state index contributed by atoms with van der Waals surface area (Å²) in [6.45, 7) is 8.23. The van der Waals surface area contributed by atoms with Crippen LogP contribution in [0.25, 0.3) is 0 Å². The molecule has 42 heavy (non-hydrogen) atoms. The van der Waals surface area contributed by atoms with E-state index in [-0.39, 0.29) is 37.0 Å². The number of esters is 3. The van der Waals surface area contributed by atoms with Crippen LogP contribution in [0.4, 0.5) is 0 Å².